The van der Waals surface area contributed by atoms with Crippen LogP contribution in [0, 0.1) is 0 Å². The quantitative estimate of drug-likeness (QED) is 0.804. The summed E-state index contributed by atoms with van der Waals surface area (Å²) < 4.78 is 15.6. The molecule has 1 aromatic carbocycles. The monoisotopic (exact) mass is 254 g/mol. The molecule has 1 N–H and O–H groups in total. The second-order valence-corrected chi connectivity index (χ2v) is 3.80. The number of benzene rings is 1. The second kappa shape index (κ2) is 6.86. The van der Waals surface area contributed by atoms with Crippen molar-refractivity contribution in [3.05, 3.63) is 23.3 Å². The van der Waals surface area contributed by atoms with Crippen molar-refractivity contribution in [2.75, 3.05) is 21.3 Å². The molecular formula is C13H18O5. The van der Waals surface area contributed by atoms with Gasteiger partial charge in [0.25, 0.3) is 0 Å². The third kappa shape index (κ3) is 3.63. The average molecular weight is 254 g/mol. The molecule has 0 saturated heterocycles. The first-order valence-corrected chi connectivity index (χ1v) is 5.56. The highest BCUT2D eigenvalue weighted by molar-refractivity contribution is 5.67. The Morgan fingerprint density at radius 3 is 2.17 bits per heavy atom. The number of rotatable bonds is 7. The van der Waals surface area contributed by atoms with E-state index in [1.807, 2.05) is 6.07 Å². The van der Waals surface area contributed by atoms with E-state index in [2.05, 4.69) is 0 Å². The molecule has 0 spiro atoms. The standard InChI is InChI=1S/C13H18O5/c1-16-8-10-7-11(17-2)9(4-5-13(14)15)6-12(10)18-3/h6-7H,4-5,8H2,1-3H3,(H,14,15). The highest BCUT2D eigenvalue weighted by Gasteiger charge is 2.12. The van der Waals surface area contributed by atoms with Gasteiger partial charge in [0.05, 0.1) is 20.8 Å². The van der Waals surface area contributed by atoms with E-state index in [0.717, 1.165) is 11.1 Å². The van der Waals surface area contributed by atoms with Gasteiger partial charge < -0.3 is 19.3 Å². The fourth-order valence-corrected chi connectivity index (χ4v) is 1.73. The van der Waals surface area contributed by atoms with E-state index in [-0.39, 0.29) is 6.42 Å². The molecule has 0 unspecified atom stereocenters. The van der Waals surface area contributed by atoms with E-state index in [1.54, 1.807) is 27.4 Å². The van der Waals surface area contributed by atoms with Gasteiger partial charge in [0.1, 0.15) is 11.5 Å². The van der Waals surface area contributed by atoms with Gasteiger partial charge in [-0.2, -0.15) is 0 Å². The molecular weight excluding hydrogens is 236 g/mol. The Labute approximate surface area is 106 Å². The maximum absolute atomic E-state index is 10.6. The Balaban J connectivity index is 3.04. The zero-order valence-electron chi connectivity index (χ0n) is 10.9. The Bertz CT molecular complexity index is 414. The van der Waals surface area contributed by atoms with Crippen LogP contribution in [0.2, 0.25) is 0 Å². The predicted molar refractivity (Wildman–Crippen MR) is 66.2 cm³/mol. The number of methoxy groups -OCH3 is 3. The van der Waals surface area contributed by atoms with Crippen molar-refractivity contribution in [2.24, 2.45) is 0 Å². The van der Waals surface area contributed by atoms with Crippen LogP contribution in [0.4, 0.5) is 0 Å². The number of hydrogen-bond donors (Lipinski definition) is 1. The topological polar surface area (TPSA) is 65.0 Å². The maximum Gasteiger partial charge on any atom is 0.303 e. The van der Waals surface area contributed by atoms with Crippen LogP contribution in [0.3, 0.4) is 0 Å². The number of hydrogen-bond acceptors (Lipinski definition) is 4. The Kier molecular flexibility index (Phi) is 5.45. The van der Waals surface area contributed by atoms with Gasteiger partial charge in [-0.25, -0.2) is 0 Å². The molecule has 100 valence electrons. The first-order chi connectivity index (χ1) is 8.62. The molecule has 0 aromatic heterocycles. The molecule has 5 nitrogen and oxygen atoms in total. The summed E-state index contributed by atoms with van der Waals surface area (Å²) in [7, 11) is 4.73. The Morgan fingerprint density at radius 2 is 1.67 bits per heavy atom. The van der Waals surface area contributed by atoms with Crippen molar-refractivity contribution < 1.29 is 24.1 Å². The van der Waals surface area contributed by atoms with Crippen LogP contribution in [0.15, 0.2) is 12.1 Å². The zero-order valence-corrected chi connectivity index (χ0v) is 10.9. The van der Waals surface area contributed by atoms with Gasteiger partial charge in [0.15, 0.2) is 0 Å². The third-order valence-electron chi connectivity index (χ3n) is 2.59. The number of carboxylic acid groups (broad SMARTS) is 1. The van der Waals surface area contributed by atoms with Gasteiger partial charge in [-0.15, -0.1) is 0 Å². The molecule has 0 bridgehead atoms. The van der Waals surface area contributed by atoms with E-state index in [9.17, 15) is 4.79 Å². The highest BCUT2D eigenvalue weighted by Crippen LogP contribution is 2.30. The van der Waals surface area contributed by atoms with Gasteiger partial charge in [-0.3, -0.25) is 4.79 Å². The highest BCUT2D eigenvalue weighted by atomic mass is 16.5. The first-order valence-electron chi connectivity index (χ1n) is 5.56. The number of aliphatic carboxylic acids is 1. The summed E-state index contributed by atoms with van der Waals surface area (Å²) in [5.74, 6) is 0.499. The molecule has 18 heavy (non-hydrogen) atoms. The van der Waals surface area contributed by atoms with E-state index in [0.29, 0.717) is 24.5 Å². The first kappa shape index (κ1) is 14.3. The van der Waals surface area contributed by atoms with Gasteiger partial charge in [-0.1, -0.05) is 0 Å². The average Bonchev–Trinajstić information content (AvgIpc) is 2.36. The Hall–Kier alpha value is -1.75. The summed E-state index contributed by atoms with van der Waals surface area (Å²) in [4.78, 5) is 10.6. The third-order valence-corrected chi connectivity index (χ3v) is 2.59. The normalized spacial score (nSPS) is 10.2. The maximum atomic E-state index is 10.6. The van der Waals surface area contributed by atoms with Crippen LogP contribution in [0.1, 0.15) is 17.5 Å². The molecule has 1 rings (SSSR count). The summed E-state index contributed by atoms with van der Waals surface area (Å²) in [5, 5.41) is 8.71. The molecule has 0 heterocycles. The number of aryl methyl sites for hydroxylation is 1. The number of carboxylic acids is 1. The van der Waals surface area contributed by atoms with E-state index < -0.39 is 5.97 Å². The molecule has 0 aliphatic carbocycles. The van der Waals surface area contributed by atoms with Gasteiger partial charge in [0, 0.05) is 19.1 Å². The lowest BCUT2D eigenvalue weighted by Crippen LogP contribution is -2.02. The van der Waals surface area contributed by atoms with E-state index in [4.69, 9.17) is 19.3 Å². The molecule has 1 aromatic rings. The van der Waals surface area contributed by atoms with Crippen molar-refractivity contribution >= 4 is 5.97 Å². The molecule has 0 amide bonds. The zero-order chi connectivity index (χ0) is 13.5. The minimum atomic E-state index is -0.836. The molecule has 0 fully saturated rings. The van der Waals surface area contributed by atoms with Crippen LogP contribution >= 0.6 is 0 Å². The van der Waals surface area contributed by atoms with Crippen LogP contribution in [0.25, 0.3) is 0 Å². The molecule has 5 heteroatoms. The van der Waals surface area contributed by atoms with Gasteiger partial charge >= 0.3 is 5.97 Å². The number of ether oxygens (including phenoxy) is 3. The van der Waals surface area contributed by atoms with E-state index >= 15 is 0 Å². The van der Waals surface area contributed by atoms with Crippen LogP contribution in [-0.4, -0.2) is 32.4 Å². The van der Waals surface area contributed by atoms with Crippen molar-refractivity contribution in [3.63, 3.8) is 0 Å². The smallest absolute Gasteiger partial charge is 0.303 e. The van der Waals surface area contributed by atoms with Gasteiger partial charge in [0.2, 0.25) is 0 Å². The minimum absolute atomic E-state index is 0.0587. The lowest BCUT2D eigenvalue weighted by Gasteiger charge is -2.14. The SMILES string of the molecule is COCc1cc(OC)c(CCC(=O)O)cc1OC. The molecule has 0 radical (unpaired) electrons. The molecule has 0 saturated carbocycles. The summed E-state index contributed by atoms with van der Waals surface area (Å²) in [5.41, 5.74) is 1.69. The van der Waals surface area contributed by atoms with Gasteiger partial charge in [-0.05, 0) is 24.1 Å². The van der Waals surface area contributed by atoms with Crippen molar-refractivity contribution in [3.8, 4) is 11.5 Å². The summed E-state index contributed by atoms with van der Waals surface area (Å²) >= 11 is 0. The molecule has 0 aliphatic rings. The summed E-state index contributed by atoms with van der Waals surface area (Å²) in [6.45, 7) is 0.415. The summed E-state index contributed by atoms with van der Waals surface area (Å²) in [6, 6.07) is 3.62. The van der Waals surface area contributed by atoms with E-state index in [1.165, 1.54) is 0 Å². The predicted octanol–water partition coefficient (Wildman–Crippen LogP) is 1.87. The fraction of sp³-hybridized carbons (Fsp3) is 0.462. The van der Waals surface area contributed by atoms with Crippen LogP contribution in [0.5, 0.6) is 11.5 Å². The Morgan fingerprint density at radius 1 is 1.11 bits per heavy atom. The van der Waals surface area contributed by atoms with Crippen molar-refractivity contribution in [2.45, 2.75) is 19.4 Å². The second-order valence-electron chi connectivity index (χ2n) is 3.80. The summed E-state index contributed by atoms with van der Waals surface area (Å²) in [6.07, 6.45) is 0.464. The number of carbonyl (C=O) groups is 1. The van der Waals surface area contributed by atoms with Crippen LogP contribution in [-0.2, 0) is 22.6 Å². The largest absolute Gasteiger partial charge is 0.496 e. The minimum Gasteiger partial charge on any atom is -0.496 e. The molecule has 0 aliphatic heterocycles. The lowest BCUT2D eigenvalue weighted by molar-refractivity contribution is -0.136. The van der Waals surface area contributed by atoms with Crippen molar-refractivity contribution in [1.82, 2.24) is 0 Å². The fourth-order valence-electron chi connectivity index (χ4n) is 1.73. The van der Waals surface area contributed by atoms with Crippen LogP contribution < -0.4 is 9.47 Å². The van der Waals surface area contributed by atoms with Crippen molar-refractivity contribution in [1.29, 1.82) is 0 Å². The molecule has 0 atom stereocenters. The lowest BCUT2D eigenvalue weighted by atomic mass is 10.0.